The van der Waals surface area contributed by atoms with Gasteiger partial charge in [0.1, 0.15) is 4.70 Å². The van der Waals surface area contributed by atoms with Gasteiger partial charge in [0.05, 0.1) is 11.3 Å². The molecule has 0 aliphatic heterocycles. The van der Waals surface area contributed by atoms with Gasteiger partial charge >= 0.3 is 0 Å². The monoisotopic (exact) mass is 434 g/mol. The van der Waals surface area contributed by atoms with Crippen molar-refractivity contribution >= 4 is 49.2 Å². The summed E-state index contributed by atoms with van der Waals surface area (Å²) >= 11 is 6.20. The molecule has 0 atom stereocenters. The van der Waals surface area contributed by atoms with Crippen LogP contribution in [0, 0.1) is 0 Å². The Labute approximate surface area is 159 Å². The summed E-state index contributed by atoms with van der Waals surface area (Å²) in [6.45, 7) is 0. The molecule has 6 nitrogen and oxygen atoms in total. The van der Waals surface area contributed by atoms with E-state index in [0.29, 0.717) is 27.3 Å². The van der Waals surface area contributed by atoms with Gasteiger partial charge < -0.3 is 4.52 Å². The van der Waals surface area contributed by atoms with Gasteiger partial charge in [0.15, 0.2) is 5.16 Å². The van der Waals surface area contributed by atoms with E-state index in [1.54, 1.807) is 11.6 Å². The van der Waals surface area contributed by atoms with Crippen LogP contribution < -0.4 is 5.56 Å². The second kappa shape index (κ2) is 6.74. The van der Waals surface area contributed by atoms with E-state index in [0.717, 1.165) is 15.6 Å². The van der Waals surface area contributed by atoms with Crippen molar-refractivity contribution in [3.05, 3.63) is 56.4 Å². The van der Waals surface area contributed by atoms with Crippen LogP contribution in [0.2, 0.25) is 0 Å². The van der Waals surface area contributed by atoms with Crippen LogP contribution in [0.1, 0.15) is 5.89 Å². The van der Waals surface area contributed by atoms with Crippen molar-refractivity contribution < 1.29 is 4.52 Å². The average Bonchev–Trinajstić information content (AvgIpc) is 3.27. The van der Waals surface area contributed by atoms with Crippen LogP contribution in [0.3, 0.4) is 0 Å². The van der Waals surface area contributed by atoms with Gasteiger partial charge in [-0.1, -0.05) is 32.8 Å². The lowest BCUT2D eigenvalue weighted by atomic mass is 10.2. The van der Waals surface area contributed by atoms with Crippen molar-refractivity contribution in [3.8, 4) is 11.4 Å². The summed E-state index contributed by atoms with van der Waals surface area (Å²) in [6, 6.07) is 9.54. The highest BCUT2D eigenvalue weighted by Crippen LogP contribution is 2.24. The normalized spacial score (nSPS) is 11.3. The zero-order valence-corrected chi connectivity index (χ0v) is 16.2. The molecule has 4 rings (SSSR count). The van der Waals surface area contributed by atoms with Crippen molar-refractivity contribution in [2.75, 3.05) is 0 Å². The number of hydrogen-bond acceptors (Lipinski definition) is 7. The molecule has 3 heterocycles. The number of hydrogen-bond donors (Lipinski definition) is 0. The van der Waals surface area contributed by atoms with Crippen LogP contribution in [-0.4, -0.2) is 19.7 Å². The Morgan fingerprint density at radius 2 is 2.04 bits per heavy atom. The maximum atomic E-state index is 12.3. The molecule has 0 saturated heterocycles. The largest absolute Gasteiger partial charge is 0.338 e. The Bertz CT molecular complexity index is 1100. The smallest absolute Gasteiger partial charge is 0.271 e. The fraction of sp³-hybridized carbons (Fsp3) is 0.125. The first-order chi connectivity index (χ1) is 12.1. The predicted molar refractivity (Wildman–Crippen MR) is 102 cm³/mol. The SMILES string of the molecule is Cn1c(SCc2nc(-c3ccc(Br)cc3)no2)nc2ccsc2c1=O. The minimum atomic E-state index is -0.0384. The van der Waals surface area contributed by atoms with Crippen LogP contribution in [-0.2, 0) is 12.8 Å². The molecule has 0 N–H and O–H groups in total. The van der Waals surface area contributed by atoms with E-state index >= 15 is 0 Å². The number of thiophene rings is 1. The molecular formula is C16H11BrN4O2S2. The van der Waals surface area contributed by atoms with Crippen molar-refractivity contribution in [2.45, 2.75) is 10.9 Å². The number of thioether (sulfide) groups is 1. The third kappa shape index (κ3) is 3.26. The molecular weight excluding hydrogens is 424 g/mol. The Morgan fingerprint density at radius 3 is 2.84 bits per heavy atom. The summed E-state index contributed by atoms with van der Waals surface area (Å²) < 4.78 is 8.52. The first kappa shape index (κ1) is 16.5. The summed E-state index contributed by atoms with van der Waals surface area (Å²) in [6.07, 6.45) is 0. The van der Waals surface area contributed by atoms with Crippen molar-refractivity contribution in [1.82, 2.24) is 19.7 Å². The second-order valence-corrected chi connectivity index (χ2v) is 7.98. The van der Waals surface area contributed by atoms with Gasteiger partial charge in [-0.15, -0.1) is 11.3 Å². The van der Waals surface area contributed by atoms with E-state index in [-0.39, 0.29) is 5.56 Å². The lowest BCUT2D eigenvalue weighted by molar-refractivity contribution is 0.391. The number of fused-ring (bicyclic) bond motifs is 1. The first-order valence-electron chi connectivity index (χ1n) is 7.27. The molecule has 3 aromatic heterocycles. The number of benzene rings is 1. The van der Waals surface area contributed by atoms with E-state index in [1.165, 1.54) is 23.1 Å². The lowest BCUT2D eigenvalue weighted by Gasteiger charge is -2.05. The molecule has 1 aromatic carbocycles. The first-order valence-corrected chi connectivity index (χ1v) is 9.93. The quantitative estimate of drug-likeness (QED) is 0.355. The fourth-order valence-electron chi connectivity index (χ4n) is 2.25. The Hall–Kier alpha value is -1.97. The minimum Gasteiger partial charge on any atom is -0.338 e. The molecule has 25 heavy (non-hydrogen) atoms. The van der Waals surface area contributed by atoms with Crippen LogP contribution in [0.25, 0.3) is 21.6 Å². The van der Waals surface area contributed by atoms with Gasteiger partial charge in [0.2, 0.25) is 11.7 Å². The van der Waals surface area contributed by atoms with Crippen molar-refractivity contribution in [1.29, 1.82) is 0 Å². The van der Waals surface area contributed by atoms with Gasteiger partial charge in [-0.2, -0.15) is 4.98 Å². The van der Waals surface area contributed by atoms with Crippen molar-refractivity contribution in [3.63, 3.8) is 0 Å². The van der Waals surface area contributed by atoms with Crippen LogP contribution >= 0.6 is 39.0 Å². The van der Waals surface area contributed by atoms with Crippen LogP contribution in [0.15, 0.2) is 54.7 Å². The molecule has 0 saturated carbocycles. The fourth-order valence-corrected chi connectivity index (χ4v) is 4.13. The van der Waals surface area contributed by atoms with E-state index in [2.05, 4.69) is 31.1 Å². The minimum absolute atomic E-state index is 0.0384. The number of halogens is 1. The Balaban J connectivity index is 1.55. The van der Waals surface area contributed by atoms with Crippen LogP contribution in [0.5, 0.6) is 0 Å². The zero-order chi connectivity index (χ0) is 17.4. The zero-order valence-electron chi connectivity index (χ0n) is 13.0. The van der Waals surface area contributed by atoms with Gasteiger partial charge in [-0.25, -0.2) is 4.98 Å². The molecule has 9 heteroatoms. The summed E-state index contributed by atoms with van der Waals surface area (Å²) in [5.74, 6) is 1.47. The topological polar surface area (TPSA) is 73.8 Å². The lowest BCUT2D eigenvalue weighted by Crippen LogP contribution is -2.18. The van der Waals surface area contributed by atoms with Gasteiger partial charge in [-0.3, -0.25) is 9.36 Å². The van der Waals surface area contributed by atoms with Crippen molar-refractivity contribution in [2.24, 2.45) is 7.05 Å². The second-order valence-electron chi connectivity index (χ2n) is 5.20. The summed E-state index contributed by atoms with van der Waals surface area (Å²) in [4.78, 5) is 21.2. The van der Waals surface area contributed by atoms with Gasteiger partial charge in [0, 0.05) is 17.1 Å². The Kier molecular flexibility index (Phi) is 4.45. The summed E-state index contributed by atoms with van der Waals surface area (Å²) in [5, 5.41) is 6.50. The molecule has 0 fully saturated rings. The molecule has 0 aliphatic rings. The van der Waals surface area contributed by atoms with E-state index < -0.39 is 0 Å². The third-order valence-corrected chi connectivity index (χ3v) is 5.98. The number of rotatable bonds is 4. The average molecular weight is 435 g/mol. The molecule has 0 spiro atoms. The van der Waals surface area contributed by atoms with E-state index in [9.17, 15) is 4.79 Å². The molecule has 0 aliphatic carbocycles. The molecule has 126 valence electrons. The third-order valence-electron chi connectivity index (χ3n) is 3.54. The van der Waals surface area contributed by atoms with E-state index in [1.807, 2.05) is 35.7 Å². The predicted octanol–water partition coefficient (Wildman–Crippen LogP) is 4.10. The van der Waals surface area contributed by atoms with E-state index in [4.69, 9.17) is 4.52 Å². The Morgan fingerprint density at radius 1 is 1.24 bits per heavy atom. The molecule has 0 amide bonds. The highest BCUT2D eigenvalue weighted by atomic mass is 79.9. The molecule has 0 radical (unpaired) electrons. The molecule has 0 bridgehead atoms. The van der Waals surface area contributed by atoms with Gasteiger partial charge in [0.25, 0.3) is 5.56 Å². The standard InChI is InChI=1S/C16H11BrN4O2S2/c1-21-15(22)13-11(6-7-24-13)18-16(21)25-8-12-19-14(20-23-12)9-2-4-10(17)5-3-9/h2-7H,8H2,1H3. The molecule has 4 aromatic rings. The molecule has 0 unspecified atom stereocenters. The summed E-state index contributed by atoms with van der Waals surface area (Å²) in [5.41, 5.74) is 1.56. The summed E-state index contributed by atoms with van der Waals surface area (Å²) in [7, 11) is 1.72. The van der Waals surface area contributed by atoms with Gasteiger partial charge in [-0.05, 0) is 35.7 Å². The highest BCUT2D eigenvalue weighted by Gasteiger charge is 2.13. The van der Waals surface area contributed by atoms with Crippen LogP contribution in [0.4, 0.5) is 0 Å². The maximum Gasteiger partial charge on any atom is 0.271 e. The highest BCUT2D eigenvalue weighted by molar-refractivity contribution is 9.10. The number of aromatic nitrogens is 4. The number of nitrogens with zero attached hydrogens (tertiary/aromatic N) is 4. The maximum absolute atomic E-state index is 12.3.